The molecule has 0 aliphatic carbocycles. The average molecular weight is 1850 g/mol. The number of carbonyl (C=O) groups excluding carboxylic acids is 10. The van der Waals surface area contributed by atoms with Crippen LogP contribution in [0.1, 0.15) is 140 Å². The molecule has 37 nitrogen and oxygen atoms in total. The number of aromatic hydroxyl groups is 1. The number of nitrogens with two attached hydrogens (primary N) is 1. The number of rotatable bonds is 57. The molecule has 1 aliphatic rings. The van der Waals surface area contributed by atoms with Gasteiger partial charge in [0.15, 0.2) is 0 Å². The van der Waals surface area contributed by atoms with Gasteiger partial charge < -0.3 is 120 Å². The van der Waals surface area contributed by atoms with Crippen molar-refractivity contribution in [3.05, 3.63) is 153 Å². The van der Waals surface area contributed by atoms with Crippen LogP contribution in [-0.4, -0.2) is 282 Å². The normalized spacial score (nSPS) is 13.0. The largest absolute Gasteiger partial charge is 0.508 e. The number of alkyl carbamates (subject to hydrolysis) is 1. The predicted molar refractivity (Wildman–Crippen MR) is 491 cm³/mol. The van der Waals surface area contributed by atoms with Crippen LogP contribution >= 0.6 is 11.6 Å². The first kappa shape index (κ1) is 106. The second-order valence-electron chi connectivity index (χ2n) is 33.7. The highest BCUT2D eigenvalue weighted by molar-refractivity contribution is 6.31. The fourth-order valence-corrected chi connectivity index (χ4v) is 14.8. The van der Waals surface area contributed by atoms with Gasteiger partial charge in [-0.15, -0.1) is 0 Å². The summed E-state index contributed by atoms with van der Waals surface area (Å²) < 4.78 is 47.8. The highest BCUT2D eigenvalue weighted by Gasteiger charge is 2.36. The van der Waals surface area contributed by atoms with Gasteiger partial charge in [-0.05, 0) is 163 Å². The molecule has 38 heteroatoms. The third-order valence-electron chi connectivity index (χ3n) is 21.6. The van der Waals surface area contributed by atoms with Gasteiger partial charge in [0.25, 0.3) is 11.8 Å². The van der Waals surface area contributed by atoms with E-state index in [-0.39, 0.29) is 174 Å². The number of carboxylic acid groups (broad SMARTS) is 1. The molecule has 716 valence electrons. The number of benzene rings is 4. The molecule has 0 saturated carbocycles. The Balaban J connectivity index is 0.866. The third kappa shape index (κ3) is 35.9. The number of ether oxygens (including phenoxy) is 8. The van der Waals surface area contributed by atoms with Crippen LogP contribution in [0.5, 0.6) is 5.75 Å². The van der Waals surface area contributed by atoms with Crippen molar-refractivity contribution in [2.75, 3.05) is 170 Å². The minimum atomic E-state index is -1.11. The average Bonchev–Trinajstić information content (AvgIpc) is 1.60. The lowest BCUT2D eigenvalue weighted by atomic mass is 9.90. The molecule has 1 aliphatic heterocycles. The first-order valence-corrected chi connectivity index (χ1v) is 44.5. The summed E-state index contributed by atoms with van der Waals surface area (Å²) in [5, 5.41) is 51.7. The zero-order valence-electron chi connectivity index (χ0n) is 77.4. The van der Waals surface area contributed by atoms with Gasteiger partial charge in [0.1, 0.15) is 54.8 Å². The molecule has 0 unspecified atom stereocenters. The van der Waals surface area contributed by atoms with E-state index in [1.165, 1.54) is 22.6 Å². The fourth-order valence-electron chi connectivity index (χ4n) is 14.6. The third-order valence-corrected chi connectivity index (χ3v) is 21.8. The number of primary amides is 1. The lowest BCUT2D eigenvalue weighted by Gasteiger charge is -2.38. The number of nitrogens with zero attached hydrogens (tertiary/aromatic N) is 7. The summed E-state index contributed by atoms with van der Waals surface area (Å²) in [6.07, 6.45) is 1.42. The number of nitriles is 1. The number of nitrogens with one attached hydrogen (secondary N) is 8. The molecule has 3 atom stereocenters. The van der Waals surface area contributed by atoms with Crippen LogP contribution in [0.4, 0.5) is 26.7 Å². The van der Waals surface area contributed by atoms with Crippen LogP contribution < -0.4 is 53.2 Å². The quantitative estimate of drug-likeness (QED) is 0.0133. The van der Waals surface area contributed by atoms with Crippen LogP contribution in [0.25, 0.3) is 11.3 Å². The first-order valence-electron chi connectivity index (χ1n) is 44.1. The van der Waals surface area contributed by atoms with E-state index >= 15 is 9.59 Å². The Labute approximate surface area is 771 Å². The molecule has 0 radical (unpaired) electrons. The molecule has 12 N–H and O–H groups in total. The minimum Gasteiger partial charge on any atom is -0.508 e. The molecule has 4 aromatic carbocycles. The number of urea groups is 1. The minimum absolute atomic E-state index is 0.00336. The number of anilines is 3. The lowest BCUT2D eigenvalue weighted by molar-refractivity contribution is -0.903. The lowest BCUT2D eigenvalue weighted by Crippen LogP contribution is -2.54. The summed E-state index contributed by atoms with van der Waals surface area (Å²) >= 11 is 6.82. The highest BCUT2D eigenvalue weighted by Crippen LogP contribution is 2.39. The number of hydrogen-bond acceptors (Lipinski definition) is 22. The Morgan fingerprint density at radius 1 is 0.641 bits per heavy atom. The Morgan fingerprint density at radius 2 is 1.23 bits per heavy atom. The van der Waals surface area contributed by atoms with E-state index in [0.717, 1.165) is 34.6 Å². The van der Waals surface area contributed by atoms with Gasteiger partial charge in [-0.1, -0.05) is 55.8 Å². The zero-order valence-corrected chi connectivity index (χ0v) is 78.2. The zero-order chi connectivity index (χ0) is 95.7. The highest BCUT2D eigenvalue weighted by atomic mass is 35.5. The number of aliphatic carboxylic acids is 1. The number of hydrogen-bond donors (Lipinski definition) is 11. The molecule has 6 aromatic rings. The monoisotopic (exact) mass is 1840 g/mol. The van der Waals surface area contributed by atoms with Gasteiger partial charge in [0, 0.05) is 116 Å². The van der Waals surface area contributed by atoms with E-state index in [2.05, 4.69) is 74.8 Å². The summed E-state index contributed by atoms with van der Waals surface area (Å²) in [5.74, 6) is -5.15. The summed E-state index contributed by atoms with van der Waals surface area (Å²) in [6.45, 7) is 15.9. The summed E-state index contributed by atoms with van der Waals surface area (Å²) in [5.41, 5.74) is 13.8. The molecule has 0 spiro atoms. The van der Waals surface area contributed by atoms with Crippen LogP contribution in [-0.2, 0) is 112 Å². The molecule has 0 fully saturated rings. The SMILES string of the molecule is CNCc1cc(NC(=O)[C@H](CCCNC(N)=O)NC(=O)[C@@H](NC(=O)CCOCCOCCOCCNC(=O)CN(CC(=O)NCCOCCOCCOCCC(=O)O)C(=O)CCOCCNC(=O)OC(C)(C)C)C(C)C)ccc1C[N+](C)(C)CCC[C@@H]1Cc2ccccc2CN1C(=O)c1ccc(Cl)cc1-c1cc(C(=O)N(c2ccc(O)cc2)c2cc(C#N)n(C)c2C)c(C)n1C. The smallest absolute Gasteiger partial charge is 0.407 e. The maximum Gasteiger partial charge on any atom is 0.407 e. The molecule has 2 aromatic heterocycles. The van der Waals surface area contributed by atoms with E-state index < -0.39 is 90.2 Å². The number of carboxylic acids is 1. The molecule has 11 amide bonds. The Bertz CT molecular complexity index is 4830. The van der Waals surface area contributed by atoms with Crippen LogP contribution in [0, 0.1) is 31.1 Å². The number of halogens is 1. The number of phenols is 1. The number of amides is 11. The number of carbonyl (C=O) groups is 11. The van der Waals surface area contributed by atoms with Crippen molar-refractivity contribution in [2.24, 2.45) is 25.7 Å². The first-order chi connectivity index (χ1) is 62.5. The van der Waals surface area contributed by atoms with E-state index in [0.29, 0.717) is 98.5 Å². The van der Waals surface area contributed by atoms with Crippen molar-refractivity contribution in [3.8, 4) is 23.1 Å². The Morgan fingerprint density at radius 3 is 1.82 bits per heavy atom. The maximum absolute atomic E-state index is 15.5. The Kier molecular flexibility index (Phi) is 44.1. The van der Waals surface area contributed by atoms with Crippen molar-refractivity contribution in [1.29, 1.82) is 5.26 Å². The van der Waals surface area contributed by atoms with Crippen LogP contribution in [0.3, 0.4) is 0 Å². The second kappa shape index (κ2) is 54.3. The van der Waals surface area contributed by atoms with Gasteiger partial charge in [0.2, 0.25) is 35.4 Å². The van der Waals surface area contributed by atoms with Crippen molar-refractivity contribution >= 4 is 94.0 Å². The van der Waals surface area contributed by atoms with Gasteiger partial charge in [0.05, 0.1) is 137 Å². The Hall–Kier alpha value is -11.6. The van der Waals surface area contributed by atoms with Crippen molar-refractivity contribution < 1.29 is 105 Å². The molecule has 0 bridgehead atoms. The van der Waals surface area contributed by atoms with E-state index in [1.54, 1.807) is 88.7 Å². The molecular formula is C93H132ClN16O21+. The second-order valence-corrected chi connectivity index (χ2v) is 34.2. The molecule has 3 heterocycles. The van der Waals surface area contributed by atoms with E-state index in [1.807, 2.05) is 67.7 Å². The number of quaternary nitrogens is 1. The van der Waals surface area contributed by atoms with Gasteiger partial charge in [-0.3, -0.25) is 48.1 Å². The number of fused-ring (bicyclic) bond motifs is 1. The van der Waals surface area contributed by atoms with Crippen molar-refractivity contribution in [1.82, 2.24) is 56.2 Å². The van der Waals surface area contributed by atoms with Gasteiger partial charge in [-0.2, -0.15) is 5.26 Å². The fraction of sp³-hybridized carbons (Fsp3) is 0.527. The van der Waals surface area contributed by atoms with E-state index in [4.69, 9.17) is 60.3 Å². The number of phenolic OH excluding ortho intramolecular Hbond substituents is 1. The summed E-state index contributed by atoms with van der Waals surface area (Å²) in [4.78, 5) is 151. The maximum atomic E-state index is 15.5. The van der Waals surface area contributed by atoms with Gasteiger partial charge in [-0.25, -0.2) is 9.59 Å². The van der Waals surface area contributed by atoms with Gasteiger partial charge >= 0.3 is 18.1 Å². The summed E-state index contributed by atoms with van der Waals surface area (Å²) in [7, 11) is 9.75. The predicted octanol–water partition coefficient (Wildman–Crippen LogP) is 7.17. The standard InChI is InChI=1S/C93H131ClN16O21/c1-62(2)86(104-81(112)29-37-125-43-47-129-49-45-127-40-33-98-82(113)59-107(84(115)30-38-124-42-35-101-92(123)131-93(5,6)7)60-83(114)99-34-41-128-46-50-130-48-44-126-39-31-85(116)117)88(119)103-78(20-15-32-100-91(96)122)87(118)102-70-23-21-67(68(51-70)57-97-8)61-110(11,12)36-16-19-72-52-65-17-13-14-18-66(65)58-108(72)89(120)75-28-22-69(94)53-77(75)80-55-76(63(3)106(80)10)90(121)109(71-24-26-74(111)27-25-71)79-54-73(56-95)105(9)64(79)4/h13-14,17-18,21-28,51,53-55,62,72,78,86,97H,15-16,19-20,29-50,52,57-61H2,1-12H3,(H10-,96,98,99,100,101,102,103,104,111,112,113,114,116,117,118,119,122,123)/p+1/t72-,78+,86+/m1/s1. The van der Waals surface area contributed by atoms with Crippen LogP contribution in [0.15, 0.2) is 97.1 Å². The van der Waals surface area contributed by atoms with Crippen molar-refractivity contribution in [2.45, 2.75) is 143 Å². The topological polar surface area (TPSA) is 468 Å². The molecular weight excluding hydrogens is 1710 g/mol. The molecule has 7 rings (SSSR count). The summed E-state index contributed by atoms with van der Waals surface area (Å²) in [6, 6.07) is 27.9. The van der Waals surface area contributed by atoms with Crippen LogP contribution in [0.2, 0.25) is 5.02 Å². The number of aromatic nitrogens is 2. The molecule has 0 saturated heterocycles. The van der Waals surface area contributed by atoms with E-state index in [9.17, 15) is 53.5 Å². The molecule has 131 heavy (non-hydrogen) atoms. The van der Waals surface area contributed by atoms with Crippen molar-refractivity contribution in [3.63, 3.8) is 0 Å².